The topological polar surface area (TPSA) is 91.8 Å². The Hall–Kier alpha value is -2.20. The third-order valence-corrected chi connectivity index (χ3v) is 3.14. The lowest BCUT2D eigenvalue weighted by Gasteiger charge is -2.10. The molecule has 0 amide bonds. The van der Waals surface area contributed by atoms with Gasteiger partial charge in [-0.25, -0.2) is 14.5 Å². The second-order valence-electron chi connectivity index (χ2n) is 4.44. The van der Waals surface area contributed by atoms with Crippen LogP contribution in [0.4, 0.5) is 0 Å². The number of hydrogen-bond donors (Lipinski definition) is 1. The first-order chi connectivity index (χ1) is 9.43. The van der Waals surface area contributed by atoms with E-state index in [1.54, 1.807) is 18.2 Å². The van der Waals surface area contributed by atoms with Gasteiger partial charge >= 0.3 is 5.97 Å². The van der Waals surface area contributed by atoms with Crippen molar-refractivity contribution in [2.75, 3.05) is 0 Å². The Kier molecular flexibility index (Phi) is 3.86. The van der Waals surface area contributed by atoms with Crippen LogP contribution in [0.3, 0.4) is 0 Å². The molecule has 1 aromatic carbocycles. The Morgan fingerprint density at radius 3 is 2.75 bits per heavy atom. The van der Waals surface area contributed by atoms with Crippen molar-refractivity contribution in [1.29, 1.82) is 5.26 Å². The summed E-state index contributed by atoms with van der Waals surface area (Å²) in [4.78, 5) is 15.0. The molecule has 7 heteroatoms. The highest BCUT2D eigenvalue weighted by Gasteiger charge is 2.20. The zero-order valence-corrected chi connectivity index (χ0v) is 12.4. The van der Waals surface area contributed by atoms with E-state index < -0.39 is 5.97 Å². The summed E-state index contributed by atoms with van der Waals surface area (Å²) >= 11 is 3.33. The Morgan fingerprint density at radius 1 is 1.50 bits per heavy atom. The van der Waals surface area contributed by atoms with Gasteiger partial charge in [-0.05, 0) is 18.2 Å². The van der Waals surface area contributed by atoms with Crippen LogP contribution in [0.25, 0.3) is 5.69 Å². The van der Waals surface area contributed by atoms with Gasteiger partial charge in [-0.1, -0.05) is 29.8 Å². The summed E-state index contributed by atoms with van der Waals surface area (Å²) in [7, 11) is 0. The minimum absolute atomic E-state index is 0.0267. The Labute approximate surface area is 123 Å². The molecule has 20 heavy (non-hydrogen) atoms. The third kappa shape index (κ3) is 2.56. The largest absolute Gasteiger partial charge is 0.475 e. The number of halogens is 1. The van der Waals surface area contributed by atoms with Crippen molar-refractivity contribution in [1.82, 2.24) is 14.8 Å². The molecular weight excluding hydrogens is 324 g/mol. The molecule has 0 unspecified atom stereocenters. The summed E-state index contributed by atoms with van der Waals surface area (Å²) in [6.45, 7) is 3.77. The molecule has 0 aliphatic heterocycles. The van der Waals surface area contributed by atoms with Crippen LogP contribution < -0.4 is 0 Å². The first kappa shape index (κ1) is 14.2. The van der Waals surface area contributed by atoms with Gasteiger partial charge in [0.2, 0.25) is 0 Å². The maximum absolute atomic E-state index is 11.0. The van der Waals surface area contributed by atoms with Crippen molar-refractivity contribution in [3.8, 4) is 11.8 Å². The molecule has 0 fully saturated rings. The Bertz CT molecular complexity index is 716. The molecular formula is C13H11BrN4O2. The zero-order chi connectivity index (χ0) is 14.9. The number of nitrogens with zero attached hydrogens (tertiary/aromatic N) is 4. The fourth-order valence-electron chi connectivity index (χ4n) is 1.74. The lowest BCUT2D eigenvalue weighted by atomic mass is 10.1. The summed E-state index contributed by atoms with van der Waals surface area (Å²) in [6, 6.07) is 7.17. The normalized spacial score (nSPS) is 10.6. The van der Waals surface area contributed by atoms with Crippen molar-refractivity contribution in [3.05, 3.63) is 39.9 Å². The molecule has 2 rings (SSSR count). The summed E-state index contributed by atoms with van der Waals surface area (Å²) in [6.07, 6.45) is 0. The fourth-order valence-corrected chi connectivity index (χ4v) is 2.09. The van der Waals surface area contributed by atoms with Crippen LogP contribution in [0, 0.1) is 11.3 Å². The molecule has 102 valence electrons. The highest BCUT2D eigenvalue weighted by molar-refractivity contribution is 9.10. The molecule has 0 saturated carbocycles. The second kappa shape index (κ2) is 5.43. The Balaban J connectivity index is 2.72. The number of carboxylic acids is 1. The molecule has 0 radical (unpaired) electrons. The van der Waals surface area contributed by atoms with Crippen molar-refractivity contribution in [3.63, 3.8) is 0 Å². The summed E-state index contributed by atoms with van der Waals surface area (Å²) in [5.74, 6) is -1.00. The van der Waals surface area contributed by atoms with Gasteiger partial charge in [0.1, 0.15) is 11.9 Å². The van der Waals surface area contributed by atoms with Crippen LogP contribution in [0.2, 0.25) is 0 Å². The van der Waals surface area contributed by atoms with Gasteiger partial charge < -0.3 is 5.11 Å². The predicted octanol–water partition coefficient (Wildman–Crippen LogP) is 2.72. The van der Waals surface area contributed by atoms with Crippen LogP contribution >= 0.6 is 15.9 Å². The van der Waals surface area contributed by atoms with Crippen LogP contribution in [0.5, 0.6) is 0 Å². The molecule has 6 nitrogen and oxygen atoms in total. The molecule has 0 aliphatic carbocycles. The zero-order valence-electron chi connectivity index (χ0n) is 10.8. The van der Waals surface area contributed by atoms with Crippen LogP contribution in [0.15, 0.2) is 22.7 Å². The number of carboxylic acid groups (broad SMARTS) is 1. The van der Waals surface area contributed by atoms with Crippen molar-refractivity contribution in [2.24, 2.45) is 0 Å². The van der Waals surface area contributed by atoms with E-state index in [1.807, 2.05) is 13.8 Å². The predicted molar refractivity (Wildman–Crippen MR) is 74.8 cm³/mol. The molecule has 0 aliphatic rings. The maximum Gasteiger partial charge on any atom is 0.375 e. The van der Waals surface area contributed by atoms with Crippen LogP contribution in [-0.4, -0.2) is 25.8 Å². The summed E-state index contributed by atoms with van der Waals surface area (Å²) < 4.78 is 2.19. The number of hydrogen-bond acceptors (Lipinski definition) is 4. The van der Waals surface area contributed by atoms with E-state index in [-0.39, 0.29) is 11.7 Å². The minimum atomic E-state index is -1.20. The van der Waals surface area contributed by atoms with Gasteiger partial charge in [0, 0.05) is 10.4 Å². The van der Waals surface area contributed by atoms with Gasteiger partial charge in [-0.2, -0.15) is 5.26 Å². The SMILES string of the molecule is CC(C)c1nc(C(=O)O)nn1-c1cc(Br)ccc1C#N. The van der Waals surface area contributed by atoms with Crippen LogP contribution in [-0.2, 0) is 0 Å². The van der Waals surface area contributed by atoms with E-state index in [0.717, 1.165) is 4.47 Å². The van der Waals surface area contributed by atoms with E-state index in [1.165, 1.54) is 4.68 Å². The highest BCUT2D eigenvalue weighted by atomic mass is 79.9. The number of aromatic carboxylic acids is 1. The van der Waals surface area contributed by atoms with E-state index in [9.17, 15) is 10.1 Å². The van der Waals surface area contributed by atoms with Gasteiger partial charge in [0.05, 0.1) is 11.3 Å². The average Bonchev–Trinajstić information content (AvgIpc) is 2.83. The monoisotopic (exact) mass is 334 g/mol. The molecule has 1 N–H and O–H groups in total. The van der Waals surface area contributed by atoms with E-state index in [2.05, 4.69) is 32.1 Å². The van der Waals surface area contributed by atoms with Crippen molar-refractivity contribution < 1.29 is 9.90 Å². The number of rotatable bonds is 3. The molecule has 0 spiro atoms. The fraction of sp³-hybridized carbons (Fsp3) is 0.231. The molecule has 0 atom stereocenters. The lowest BCUT2D eigenvalue weighted by molar-refractivity contribution is 0.0683. The quantitative estimate of drug-likeness (QED) is 0.931. The van der Waals surface area contributed by atoms with Crippen molar-refractivity contribution in [2.45, 2.75) is 19.8 Å². The van der Waals surface area contributed by atoms with Gasteiger partial charge in [-0.3, -0.25) is 0 Å². The third-order valence-electron chi connectivity index (χ3n) is 2.65. The first-order valence-electron chi connectivity index (χ1n) is 5.84. The summed E-state index contributed by atoms with van der Waals surface area (Å²) in [5, 5.41) is 22.2. The van der Waals surface area contributed by atoms with Crippen LogP contribution in [0.1, 0.15) is 41.8 Å². The first-order valence-corrected chi connectivity index (χ1v) is 6.63. The van der Waals surface area contributed by atoms with Gasteiger partial charge in [-0.15, -0.1) is 5.10 Å². The number of aromatic nitrogens is 3. The molecule has 2 aromatic rings. The highest BCUT2D eigenvalue weighted by Crippen LogP contribution is 2.23. The Morgan fingerprint density at radius 2 is 2.20 bits per heavy atom. The van der Waals surface area contributed by atoms with Crippen molar-refractivity contribution >= 4 is 21.9 Å². The smallest absolute Gasteiger partial charge is 0.375 e. The molecule has 0 saturated heterocycles. The number of carbonyl (C=O) groups is 1. The number of benzene rings is 1. The van der Waals surface area contributed by atoms with E-state index in [4.69, 9.17) is 5.11 Å². The molecule has 0 bridgehead atoms. The van der Waals surface area contributed by atoms with E-state index in [0.29, 0.717) is 17.1 Å². The minimum Gasteiger partial charge on any atom is -0.475 e. The van der Waals surface area contributed by atoms with Gasteiger partial charge in [0.15, 0.2) is 0 Å². The average molecular weight is 335 g/mol. The molecule has 1 aromatic heterocycles. The maximum atomic E-state index is 11.0. The molecule has 1 heterocycles. The van der Waals surface area contributed by atoms with Gasteiger partial charge in [0.25, 0.3) is 5.82 Å². The summed E-state index contributed by atoms with van der Waals surface area (Å²) in [5.41, 5.74) is 0.905. The number of nitriles is 1. The second-order valence-corrected chi connectivity index (χ2v) is 5.35. The van der Waals surface area contributed by atoms with E-state index >= 15 is 0 Å². The lowest BCUT2D eigenvalue weighted by Crippen LogP contribution is -2.07. The standard InChI is InChI=1S/C13H11BrN4O2/c1-7(2)12-16-11(13(19)20)17-18(12)10-5-9(14)4-3-8(10)6-15/h3-5,7H,1-2H3,(H,19,20).